The average Bonchev–Trinajstić information content (AvgIpc) is 3.63. The SMILES string of the molecule is CSN(C)c1nn(CC(F)(F)F)c2c(-c3ccc(C#CC(C)(C)SC)nc3C(Cc3cc(F)cc(F)c3)NC(=O)CN=C3C(=C(N)C(F)(F)F)[C@@H](C)CC3(F)F)ccc(Cl)c12. The van der Waals surface area contributed by atoms with Gasteiger partial charge in [0.25, 0.3) is 5.92 Å². The van der Waals surface area contributed by atoms with Crippen LogP contribution in [0.25, 0.3) is 22.0 Å². The minimum absolute atomic E-state index is 0.0381. The second kappa shape index (κ2) is 18.0. The number of amides is 1. The fourth-order valence-corrected chi connectivity index (χ4v) is 7.40. The number of carbonyl (C=O) groups excluding carboxylic acids is 1. The number of aromatic nitrogens is 3. The van der Waals surface area contributed by atoms with Gasteiger partial charge in [-0.2, -0.15) is 40.2 Å². The van der Waals surface area contributed by atoms with E-state index in [1.54, 1.807) is 13.3 Å². The standard InChI is InChI=1S/C40H38ClF10N7OS2/c1-20-17-38(44,45)35(30(20)34(52)40(49,50)51)53-18-29(59)55-28(15-21-13-22(42)16-23(43)14-21)32-25(8-7-24(54-32)11-12-37(2,3)60-5)26-9-10-27(41)31-33(26)58(19-39(46,47)48)56-36(31)57(4)61-6/h7-10,13-14,16,20,28H,15,17-19,52H2,1-6H3,(H,55,59)/t20-,28?/m0/s1. The molecular formula is C40H38ClF10N7OS2. The second-order valence-electron chi connectivity index (χ2n) is 14.6. The molecule has 2 atom stereocenters. The number of aliphatic imine (C=N–C) groups is 1. The Bertz CT molecular complexity index is 2440. The first-order valence-corrected chi connectivity index (χ1v) is 20.9. The maximum Gasteiger partial charge on any atom is 0.431 e. The number of carbonyl (C=O) groups is 1. The number of allylic oxidation sites excluding steroid dienone is 2. The summed E-state index contributed by atoms with van der Waals surface area (Å²) >= 11 is 9.19. The summed E-state index contributed by atoms with van der Waals surface area (Å²) in [5.41, 5.74) is 1.19. The summed E-state index contributed by atoms with van der Waals surface area (Å²) in [4.78, 5) is 22.1. The van der Waals surface area contributed by atoms with Gasteiger partial charge < -0.3 is 15.4 Å². The molecule has 2 aromatic carbocycles. The van der Waals surface area contributed by atoms with Gasteiger partial charge in [-0.3, -0.25) is 14.5 Å². The maximum atomic E-state index is 15.1. The Kier molecular flexibility index (Phi) is 14.0. The lowest BCUT2D eigenvalue weighted by Gasteiger charge is -2.23. The molecule has 0 aliphatic heterocycles. The molecule has 0 bridgehead atoms. The second-order valence-corrected chi connectivity index (χ2v) is 17.3. The number of nitrogens with one attached hydrogen (secondary N) is 1. The molecular weight excluding hydrogens is 884 g/mol. The number of rotatable bonds is 11. The first-order chi connectivity index (χ1) is 28.2. The molecule has 8 nitrogen and oxygen atoms in total. The van der Waals surface area contributed by atoms with E-state index >= 15 is 8.78 Å². The Hall–Kier alpha value is -4.61. The molecule has 4 aromatic rings. The highest BCUT2D eigenvalue weighted by Gasteiger charge is 2.52. The van der Waals surface area contributed by atoms with Crippen molar-refractivity contribution in [3.63, 3.8) is 0 Å². The number of hydrogen-bond acceptors (Lipinski definition) is 8. The van der Waals surface area contributed by atoms with Crippen molar-refractivity contribution in [2.45, 2.75) is 69.2 Å². The van der Waals surface area contributed by atoms with Gasteiger partial charge in [0, 0.05) is 42.5 Å². The van der Waals surface area contributed by atoms with Gasteiger partial charge in [-0.05, 0) is 74.3 Å². The van der Waals surface area contributed by atoms with E-state index in [1.807, 2.05) is 20.1 Å². The smallest absolute Gasteiger partial charge is 0.394 e. The molecule has 328 valence electrons. The first kappa shape index (κ1) is 47.4. The third-order valence-electron chi connectivity index (χ3n) is 9.60. The van der Waals surface area contributed by atoms with Crippen LogP contribution in [0, 0.1) is 29.4 Å². The van der Waals surface area contributed by atoms with E-state index in [-0.39, 0.29) is 49.8 Å². The Balaban J connectivity index is 1.77. The predicted octanol–water partition coefficient (Wildman–Crippen LogP) is 10.1. The molecule has 2 aromatic heterocycles. The molecule has 0 radical (unpaired) electrons. The zero-order valence-electron chi connectivity index (χ0n) is 33.2. The lowest BCUT2D eigenvalue weighted by molar-refractivity contribution is -0.141. The van der Waals surface area contributed by atoms with Crippen LogP contribution in [-0.2, 0) is 17.8 Å². The van der Waals surface area contributed by atoms with E-state index in [4.69, 9.17) is 22.3 Å². The third-order valence-corrected chi connectivity index (χ3v) is 11.8. The van der Waals surface area contributed by atoms with Crippen LogP contribution in [-0.4, -0.2) is 75.5 Å². The Morgan fingerprint density at radius 1 is 1.08 bits per heavy atom. The molecule has 1 aliphatic rings. The zero-order valence-corrected chi connectivity index (χ0v) is 35.6. The highest BCUT2D eigenvalue weighted by Crippen LogP contribution is 2.45. The summed E-state index contributed by atoms with van der Waals surface area (Å²) in [5.74, 6) is -2.35. The van der Waals surface area contributed by atoms with Gasteiger partial charge in [-0.1, -0.05) is 42.5 Å². The summed E-state index contributed by atoms with van der Waals surface area (Å²) in [5, 5.41) is 6.98. The Morgan fingerprint density at radius 3 is 2.31 bits per heavy atom. The van der Waals surface area contributed by atoms with Gasteiger partial charge in [-0.15, -0.1) is 11.8 Å². The van der Waals surface area contributed by atoms with Crippen LogP contribution < -0.4 is 15.4 Å². The number of nitrogens with zero attached hydrogens (tertiary/aromatic N) is 5. The van der Waals surface area contributed by atoms with Crippen molar-refractivity contribution < 1.29 is 48.7 Å². The van der Waals surface area contributed by atoms with Crippen LogP contribution >= 0.6 is 35.3 Å². The largest absolute Gasteiger partial charge is 0.431 e. The summed E-state index contributed by atoms with van der Waals surface area (Å²) < 4.78 is 144. The van der Waals surface area contributed by atoms with Crippen LogP contribution in [0.15, 0.2) is 58.7 Å². The number of halogens is 11. The van der Waals surface area contributed by atoms with Crippen molar-refractivity contribution in [1.82, 2.24) is 20.1 Å². The number of hydrogen-bond donors (Lipinski definition) is 2. The first-order valence-electron chi connectivity index (χ1n) is 18.1. The van der Waals surface area contributed by atoms with Crippen molar-refractivity contribution in [2.24, 2.45) is 16.6 Å². The number of thioether (sulfide) groups is 1. The summed E-state index contributed by atoms with van der Waals surface area (Å²) in [6, 6.07) is 6.79. The van der Waals surface area contributed by atoms with E-state index in [1.165, 1.54) is 40.3 Å². The number of pyridine rings is 1. The van der Waals surface area contributed by atoms with E-state index in [9.17, 15) is 39.9 Å². The van der Waals surface area contributed by atoms with E-state index in [0.717, 1.165) is 31.0 Å². The summed E-state index contributed by atoms with van der Waals surface area (Å²) in [7, 11) is 1.56. The molecule has 1 saturated carbocycles. The number of alkyl halides is 8. The van der Waals surface area contributed by atoms with Crippen LogP contribution in [0.4, 0.5) is 49.7 Å². The molecule has 61 heavy (non-hydrogen) atoms. The van der Waals surface area contributed by atoms with Crippen molar-refractivity contribution in [1.29, 1.82) is 0 Å². The molecule has 5 rings (SSSR count). The minimum atomic E-state index is -5.19. The van der Waals surface area contributed by atoms with Crippen molar-refractivity contribution in [2.75, 3.05) is 30.4 Å². The van der Waals surface area contributed by atoms with E-state index < -0.39 is 95.4 Å². The Labute approximate surface area is 357 Å². The van der Waals surface area contributed by atoms with Crippen LogP contribution in [0.5, 0.6) is 0 Å². The van der Waals surface area contributed by atoms with Gasteiger partial charge in [0.15, 0.2) is 5.82 Å². The molecule has 0 spiro atoms. The van der Waals surface area contributed by atoms with Crippen LogP contribution in [0.1, 0.15) is 50.2 Å². The van der Waals surface area contributed by atoms with Crippen molar-refractivity contribution >= 4 is 63.7 Å². The Morgan fingerprint density at radius 2 is 1.72 bits per heavy atom. The lowest BCUT2D eigenvalue weighted by Crippen LogP contribution is -2.34. The van der Waals surface area contributed by atoms with Crippen LogP contribution in [0.3, 0.4) is 0 Å². The fourth-order valence-electron chi connectivity index (χ4n) is 6.71. The van der Waals surface area contributed by atoms with E-state index in [0.29, 0.717) is 10.7 Å². The molecule has 1 amide bonds. The van der Waals surface area contributed by atoms with Gasteiger partial charge in [0.1, 0.15) is 41.8 Å². The zero-order chi connectivity index (χ0) is 45.4. The topological polar surface area (TPSA) is 101 Å². The van der Waals surface area contributed by atoms with Gasteiger partial charge in [-0.25, -0.2) is 13.8 Å². The van der Waals surface area contributed by atoms with E-state index in [2.05, 4.69) is 27.2 Å². The summed E-state index contributed by atoms with van der Waals surface area (Å²) in [6.45, 7) is 2.05. The minimum Gasteiger partial charge on any atom is -0.394 e. The van der Waals surface area contributed by atoms with Crippen molar-refractivity contribution in [3.8, 4) is 23.0 Å². The maximum absolute atomic E-state index is 15.1. The summed E-state index contributed by atoms with van der Waals surface area (Å²) in [6.07, 6.45) is -7.99. The molecule has 2 heterocycles. The molecule has 1 fully saturated rings. The lowest BCUT2D eigenvalue weighted by atomic mass is 9.93. The van der Waals surface area contributed by atoms with Crippen LogP contribution in [0.2, 0.25) is 5.02 Å². The highest BCUT2D eigenvalue weighted by molar-refractivity contribution is 8.00. The monoisotopic (exact) mass is 921 g/mol. The van der Waals surface area contributed by atoms with Crippen molar-refractivity contribution in [3.05, 3.63) is 87.3 Å². The molecule has 0 saturated heterocycles. The number of anilines is 1. The quantitative estimate of drug-likeness (QED) is 0.0878. The van der Waals surface area contributed by atoms with Gasteiger partial charge >= 0.3 is 12.4 Å². The average molecular weight is 922 g/mol. The fraction of sp³-hybridized carbons (Fsp3) is 0.400. The number of nitrogens with two attached hydrogens (primary N) is 1. The number of fused-ring (bicyclic) bond motifs is 1. The normalized spacial score (nSPS) is 17.7. The molecule has 21 heteroatoms. The molecule has 3 N–H and O–H groups in total. The third kappa shape index (κ3) is 11.1. The van der Waals surface area contributed by atoms with Gasteiger partial charge in [0.05, 0.1) is 32.4 Å². The van der Waals surface area contributed by atoms with Gasteiger partial charge in [0.2, 0.25) is 5.91 Å². The molecule has 1 aliphatic carbocycles. The number of benzene rings is 2. The predicted molar refractivity (Wildman–Crippen MR) is 220 cm³/mol. The molecule has 1 unspecified atom stereocenters. The highest BCUT2D eigenvalue weighted by atomic mass is 35.5.